The van der Waals surface area contributed by atoms with E-state index in [1.165, 1.54) is 6.08 Å². The van der Waals surface area contributed by atoms with Crippen molar-refractivity contribution in [3.63, 3.8) is 0 Å². The number of ketones is 1. The number of pyridine rings is 2. The average Bonchev–Trinajstić information content (AvgIpc) is 3.15. The molecule has 0 atom stereocenters. The van der Waals surface area contributed by atoms with E-state index in [0.29, 0.717) is 0 Å². The summed E-state index contributed by atoms with van der Waals surface area (Å²) in [6.45, 7) is 16.1. The van der Waals surface area contributed by atoms with E-state index in [1.54, 1.807) is 0 Å². The van der Waals surface area contributed by atoms with Gasteiger partial charge in [-0.2, -0.15) is 0 Å². The van der Waals surface area contributed by atoms with Crippen LogP contribution in [0.1, 0.15) is 81.1 Å². The zero-order valence-corrected chi connectivity index (χ0v) is 34.0. The fourth-order valence-corrected chi connectivity index (χ4v) is 6.24. The van der Waals surface area contributed by atoms with Crippen molar-refractivity contribution >= 4 is 27.3 Å². The quantitative estimate of drug-likeness (QED) is 0.0893. The van der Waals surface area contributed by atoms with E-state index in [0.717, 1.165) is 92.0 Å². The number of aromatic nitrogens is 2. The molecule has 4 aromatic carbocycles. The number of carbonyl (C=O) groups excluding carboxylic acids is 1. The summed E-state index contributed by atoms with van der Waals surface area (Å²) in [6.07, 6.45) is 4.92. The number of nitrogens with zero attached hydrogens (tertiary/aromatic N) is 2. The van der Waals surface area contributed by atoms with Gasteiger partial charge in [0, 0.05) is 50.4 Å². The van der Waals surface area contributed by atoms with E-state index in [-0.39, 0.29) is 67.9 Å². The predicted octanol–water partition coefficient (Wildman–Crippen LogP) is 12.5. The summed E-state index contributed by atoms with van der Waals surface area (Å²) in [5, 5.41) is 13.1. The number of allylic oxidation sites excluding steroid dienone is 2. The first-order valence-electron chi connectivity index (χ1n) is 19.9. The van der Waals surface area contributed by atoms with Crippen LogP contribution in [0.3, 0.4) is 0 Å². The van der Waals surface area contributed by atoms with E-state index in [2.05, 4.69) is 34.2 Å². The maximum atomic E-state index is 11.7. The summed E-state index contributed by atoms with van der Waals surface area (Å²) in [5.74, 6) is 0.547. The molecular weight excluding hydrogens is 817 g/mol. The van der Waals surface area contributed by atoms with Crippen molar-refractivity contribution in [3.8, 4) is 22.5 Å². The van der Waals surface area contributed by atoms with E-state index in [4.69, 9.17) is 5.48 Å². The minimum atomic E-state index is 0. The molecule has 273 valence electrons. The molecule has 52 heavy (non-hydrogen) atoms. The fraction of sp³-hybridized carbons (Fsp3) is 0.298. The molecular formula is C47H52IrN2O2-2. The maximum Gasteiger partial charge on any atom is 0.162 e. The van der Waals surface area contributed by atoms with Gasteiger partial charge >= 0.3 is 0 Å². The Hall–Kier alpha value is -4.44. The van der Waals surface area contributed by atoms with E-state index in [9.17, 15) is 9.90 Å². The molecule has 0 amide bonds. The van der Waals surface area contributed by atoms with Crippen molar-refractivity contribution in [1.82, 2.24) is 9.97 Å². The average molecular weight is 873 g/mol. The molecule has 0 unspecified atom stereocenters. The second kappa shape index (κ2) is 20.6. The Bertz CT molecular complexity index is 2140. The van der Waals surface area contributed by atoms with Gasteiger partial charge < -0.3 is 15.1 Å². The Morgan fingerprint density at radius 2 is 1.10 bits per heavy atom. The summed E-state index contributed by atoms with van der Waals surface area (Å²) in [5.41, 5.74) is 7.60. The molecule has 0 bridgehead atoms. The second-order valence-corrected chi connectivity index (χ2v) is 13.0. The van der Waals surface area contributed by atoms with Gasteiger partial charge in [-0.05, 0) is 70.7 Å². The Morgan fingerprint density at radius 3 is 1.48 bits per heavy atom. The first kappa shape index (κ1) is 35.9. The van der Waals surface area contributed by atoms with Gasteiger partial charge in [0.15, 0.2) is 5.78 Å². The van der Waals surface area contributed by atoms with Gasteiger partial charge in [0.1, 0.15) is 0 Å². The molecule has 1 radical (unpaired) electrons. The van der Waals surface area contributed by atoms with Crippen LogP contribution in [-0.4, -0.2) is 20.9 Å². The van der Waals surface area contributed by atoms with Crippen LogP contribution in [0.4, 0.5) is 0 Å². The van der Waals surface area contributed by atoms with E-state index < -0.39 is 0 Å². The van der Waals surface area contributed by atoms with E-state index >= 15 is 0 Å². The summed E-state index contributed by atoms with van der Waals surface area (Å²) in [6, 6.07) is 30.3. The van der Waals surface area contributed by atoms with Crippen molar-refractivity contribution in [2.24, 2.45) is 11.8 Å². The molecule has 2 heterocycles. The molecule has 1 N–H and O–H groups in total. The number of rotatable bonds is 9. The number of fused-ring (bicyclic) bond motifs is 2. The number of hydrogen-bond acceptors (Lipinski definition) is 4. The van der Waals surface area contributed by atoms with Gasteiger partial charge in [0.05, 0.1) is 11.2 Å². The molecule has 0 fully saturated rings. The van der Waals surface area contributed by atoms with Crippen molar-refractivity contribution in [1.29, 1.82) is 0 Å². The van der Waals surface area contributed by atoms with Crippen molar-refractivity contribution in [2.75, 3.05) is 0 Å². The van der Waals surface area contributed by atoms with Crippen molar-refractivity contribution in [3.05, 3.63) is 143 Å². The van der Waals surface area contributed by atoms with Gasteiger partial charge in [0.2, 0.25) is 0 Å². The zero-order valence-electron chi connectivity index (χ0n) is 35.6. The van der Waals surface area contributed by atoms with Gasteiger partial charge in [0.25, 0.3) is 0 Å². The molecule has 5 heteroatoms. The SMILES string of the molecule is CCC(CC)C(=O)/C=C(\O)C(CC)CC.[2H]c1nc(-c2[c-]c(C)cc(C)c2)c2ccccc2c1[2H].[2H]c1nc(-c2[c-]c(C)cc(C)c2)c2ccccc2c1[2H].[Ir]. The molecule has 4 nitrogen and oxygen atoms in total. The van der Waals surface area contributed by atoms with Gasteiger partial charge in [-0.1, -0.05) is 104 Å². The van der Waals surface area contributed by atoms with Crippen LogP contribution in [0.5, 0.6) is 0 Å². The molecule has 6 aromatic rings. The predicted molar refractivity (Wildman–Crippen MR) is 215 cm³/mol. The normalized spacial score (nSPS) is 12.2. The minimum Gasteiger partial charge on any atom is -0.512 e. The monoisotopic (exact) mass is 873 g/mol. The molecule has 0 aliphatic heterocycles. The third-order valence-electron chi connectivity index (χ3n) is 8.97. The number of hydrogen-bond donors (Lipinski definition) is 1. The molecule has 0 saturated carbocycles. The molecule has 0 saturated heterocycles. The van der Waals surface area contributed by atoms with E-state index in [1.807, 2.05) is 116 Å². The first-order valence-corrected chi connectivity index (χ1v) is 17.9. The number of carbonyl (C=O) groups is 1. The van der Waals surface area contributed by atoms with Gasteiger partial charge in [-0.15, -0.1) is 69.8 Å². The summed E-state index contributed by atoms with van der Waals surface area (Å²) in [4.78, 5) is 20.3. The fourth-order valence-electron chi connectivity index (χ4n) is 6.24. The van der Waals surface area contributed by atoms with Crippen LogP contribution in [0, 0.1) is 51.7 Å². The number of benzene rings is 4. The van der Waals surface area contributed by atoms with Crippen LogP contribution in [0.25, 0.3) is 44.1 Å². The number of aryl methyl sites for hydroxylation is 4. The maximum absolute atomic E-state index is 11.7. The molecule has 0 aliphatic rings. The Kier molecular flexibility index (Phi) is 14.2. The van der Waals surface area contributed by atoms with Crippen molar-refractivity contribution in [2.45, 2.75) is 81.1 Å². The van der Waals surface area contributed by atoms with Crippen LogP contribution < -0.4 is 0 Å². The number of aliphatic hydroxyl groups is 1. The Balaban J connectivity index is 0.000000227. The van der Waals surface area contributed by atoms with Gasteiger partial charge in [-0.25, -0.2) is 0 Å². The summed E-state index contributed by atoms with van der Waals surface area (Å²) in [7, 11) is 0. The molecule has 0 spiro atoms. The van der Waals surface area contributed by atoms with Crippen LogP contribution in [-0.2, 0) is 24.9 Å². The molecule has 0 aliphatic carbocycles. The van der Waals surface area contributed by atoms with Crippen molar-refractivity contribution < 1.29 is 35.5 Å². The third-order valence-corrected chi connectivity index (χ3v) is 8.97. The smallest absolute Gasteiger partial charge is 0.162 e. The molecule has 6 rings (SSSR count). The largest absolute Gasteiger partial charge is 0.512 e. The third kappa shape index (κ3) is 11.3. The summed E-state index contributed by atoms with van der Waals surface area (Å²) >= 11 is 0. The summed E-state index contributed by atoms with van der Waals surface area (Å²) < 4.78 is 31.7. The number of aliphatic hydroxyl groups excluding tert-OH is 1. The zero-order chi connectivity index (χ0) is 40.4. The van der Waals surface area contributed by atoms with Crippen LogP contribution in [0.2, 0.25) is 0 Å². The Morgan fingerprint density at radius 1 is 0.692 bits per heavy atom. The van der Waals surface area contributed by atoms with Crippen LogP contribution >= 0.6 is 0 Å². The first-order chi connectivity index (χ1) is 26.2. The molecule has 2 aromatic heterocycles. The topological polar surface area (TPSA) is 63.1 Å². The van der Waals surface area contributed by atoms with Crippen LogP contribution in [0.15, 0.2) is 109 Å². The second-order valence-electron chi connectivity index (χ2n) is 13.0. The standard InChI is InChI=1S/2C17H14N.C13H24O2.Ir/c2*1-12-9-13(2)11-15(10-12)17-16-6-4-3-5-14(16)7-8-18-17;1-5-10(6-2)12(14)9-13(15)11(7-3)8-4;/h2*3-10H,1-2H3;9-11,14H,5-8H2,1-4H3;/q2*-1;;/b;;12-9-;/i2*7D,8D;;. The Labute approximate surface area is 330 Å². The minimum absolute atomic E-state index is 0. The van der Waals surface area contributed by atoms with Gasteiger partial charge in [-0.3, -0.25) is 4.79 Å².